The standard InChI is InChI=1S/C14H15NO2/c1-16-12-8-3-2-7-11(12)13-9-15-14(17-13)10-5-4-6-10/h2-3,7-10H,4-6H2,1H3. The molecule has 3 heteroatoms. The lowest BCUT2D eigenvalue weighted by atomic mass is 9.85. The first-order chi connectivity index (χ1) is 8.38. The second-order valence-corrected chi connectivity index (χ2v) is 4.39. The Labute approximate surface area is 100 Å². The number of hydrogen-bond donors (Lipinski definition) is 0. The number of aromatic nitrogens is 1. The fourth-order valence-electron chi connectivity index (χ4n) is 2.10. The van der Waals surface area contributed by atoms with Crippen molar-refractivity contribution in [3.8, 4) is 17.1 Å². The summed E-state index contributed by atoms with van der Waals surface area (Å²) in [5.41, 5.74) is 0.966. The van der Waals surface area contributed by atoms with Gasteiger partial charge in [0, 0.05) is 5.92 Å². The molecule has 1 aliphatic carbocycles. The summed E-state index contributed by atoms with van der Waals surface area (Å²) in [6.07, 6.45) is 5.49. The molecule has 0 bridgehead atoms. The summed E-state index contributed by atoms with van der Waals surface area (Å²) < 4.78 is 11.1. The van der Waals surface area contributed by atoms with Crippen LogP contribution in [0.2, 0.25) is 0 Å². The second kappa shape index (κ2) is 4.24. The normalized spacial score (nSPS) is 15.6. The Kier molecular flexibility index (Phi) is 2.59. The minimum Gasteiger partial charge on any atom is -0.496 e. The molecule has 2 aromatic rings. The van der Waals surface area contributed by atoms with Crippen molar-refractivity contribution in [2.45, 2.75) is 25.2 Å². The van der Waals surface area contributed by atoms with Gasteiger partial charge in [-0.3, -0.25) is 0 Å². The molecule has 1 fully saturated rings. The number of benzene rings is 1. The predicted octanol–water partition coefficient (Wildman–Crippen LogP) is 3.62. The molecule has 1 saturated carbocycles. The van der Waals surface area contributed by atoms with Gasteiger partial charge in [0.15, 0.2) is 11.7 Å². The van der Waals surface area contributed by atoms with Crippen LogP contribution < -0.4 is 4.74 Å². The van der Waals surface area contributed by atoms with E-state index in [0.29, 0.717) is 5.92 Å². The van der Waals surface area contributed by atoms with E-state index in [4.69, 9.17) is 9.15 Å². The van der Waals surface area contributed by atoms with Crippen LogP contribution in [0.15, 0.2) is 34.9 Å². The highest BCUT2D eigenvalue weighted by molar-refractivity contribution is 5.64. The van der Waals surface area contributed by atoms with Gasteiger partial charge in [0.25, 0.3) is 0 Å². The third kappa shape index (κ3) is 1.82. The van der Waals surface area contributed by atoms with Crippen molar-refractivity contribution in [3.05, 3.63) is 36.4 Å². The molecule has 1 aliphatic rings. The largest absolute Gasteiger partial charge is 0.496 e. The van der Waals surface area contributed by atoms with Gasteiger partial charge in [0.05, 0.1) is 18.9 Å². The fraction of sp³-hybridized carbons (Fsp3) is 0.357. The number of hydrogen-bond acceptors (Lipinski definition) is 3. The zero-order valence-corrected chi connectivity index (χ0v) is 9.85. The molecule has 0 atom stereocenters. The van der Waals surface area contributed by atoms with E-state index in [0.717, 1.165) is 23.0 Å². The van der Waals surface area contributed by atoms with Crippen LogP contribution in [0, 0.1) is 0 Å². The number of rotatable bonds is 3. The Morgan fingerprint density at radius 3 is 2.82 bits per heavy atom. The molecule has 1 heterocycles. The van der Waals surface area contributed by atoms with E-state index in [1.807, 2.05) is 24.3 Å². The molecule has 0 amide bonds. The van der Waals surface area contributed by atoms with Crippen molar-refractivity contribution in [3.63, 3.8) is 0 Å². The Morgan fingerprint density at radius 1 is 1.29 bits per heavy atom. The number of para-hydroxylation sites is 1. The highest BCUT2D eigenvalue weighted by Crippen LogP contribution is 2.38. The molecular formula is C14H15NO2. The van der Waals surface area contributed by atoms with E-state index in [2.05, 4.69) is 4.98 Å². The van der Waals surface area contributed by atoms with Crippen LogP contribution in [0.4, 0.5) is 0 Å². The Hall–Kier alpha value is -1.77. The molecule has 0 radical (unpaired) electrons. The third-order valence-electron chi connectivity index (χ3n) is 3.35. The van der Waals surface area contributed by atoms with Gasteiger partial charge in [0.1, 0.15) is 5.75 Å². The summed E-state index contributed by atoms with van der Waals surface area (Å²) in [6.45, 7) is 0. The zero-order chi connectivity index (χ0) is 11.7. The fourth-order valence-corrected chi connectivity index (χ4v) is 2.10. The topological polar surface area (TPSA) is 35.3 Å². The first-order valence-corrected chi connectivity index (χ1v) is 5.97. The number of nitrogens with zero attached hydrogens (tertiary/aromatic N) is 1. The smallest absolute Gasteiger partial charge is 0.198 e. The molecule has 3 nitrogen and oxygen atoms in total. The third-order valence-corrected chi connectivity index (χ3v) is 3.35. The molecule has 17 heavy (non-hydrogen) atoms. The van der Waals surface area contributed by atoms with Crippen LogP contribution in [0.1, 0.15) is 31.1 Å². The lowest BCUT2D eigenvalue weighted by Gasteiger charge is -2.21. The van der Waals surface area contributed by atoms with Crippen LogP contribution >= 0.6 is 0 Å². The molecule has 0 spiro atoms. The van der Waals surface area contributed by atoms with Gasteiger partial charge in [0.2, 0.25) is 0 Å². The quantitative estimate of drug-likeness (QED) is 0.806. The SMILES string of the molecule is COc1ccccc1-c1cnc(C2CCC2)o1. The summed E-state index contributed by atoms with van der Waals surface area (Å²) in [6, 6.07) is 7.85. The lowest BCUT2D eigenvalue weighted by molar-refractivity contribution is 0.337. The summed E-state index contributed by atoms with van der Waals surface area (Å²) in [4.78, 5) is 4.37. The van der Waals surface area contributed by atoms with Gasteiger partial charge in [-0.25, -0.2) is 4.98 Å². The van der Waals surface area contributed by atoms with Crippen molar-refractivity contribution in [2.24, 2.45) is 0 Å². The molecule has 0 N–H and O–H groups in total. The average Bonchev–Trinajstić information content (AvgIpc) is 2.76. The van der Waals surface area contributed by atoms with Gasteiger partial charge >= 0.3 is 0 Å². The van der Waals surface area contributed by atoms with E-state index in [9.17, 15) is 0 Å². The highest BCUT2D eigenvalue weighted by Gasteiger charge is 2.24. The summed E-state index contributed by atoms with van der Waals surface area (Å²) >= 11 is 0. The van der Waals surface area contributed by atoms with Crippen molar-refractivity contribution in [1.29, 1.82) is 0 Å². The van der Waals surface area contributed by atoms with E-state index in [1.165, 1.54) is 19.3 Å². The number of oxazole rings is 1. The molecule has 88 valence electrons. The van der Waals surface area contributed by atoms with Crippen LogP contribution in [0.25, 0.3) is 11.3 Å². The molecule has 1 aromatic heterocycles. The molecule has 0 saturated heterocycles. The first kappa shape index (κ1) is 10.4. The molecule has 0 aliphatic heterocycles. The monoisotopic (exact) mass is 229 g/mol. The van der Waals surface area contributed by atoms with Gasteiger partial charge < -0.3 is 9.15 Å². The maximum Gasteiger partial charge on any atom is 0.198 e. The summed E-state index contributed by atoms with van der Waals surface area (Å²) in [5.74, 6) is 3.02. The van der Waals surface area contributed by atoms with Gasteiger partial charge in [-0.15, -0.1) is 0 Å². The lowest BCUT2D eigenvalue weighted by Crippen LogP contribution is -2.08. The van der Waals surface area contributed by atoms with E-state index in [-0.39, 0.29) is 0 Å². The van der Waals surface area contributed by atoms with Crippen molar-refractivity contribution < 1.29 is 9.15 Å². The maximum absolute atomic E-state index is 5.82. The maximum atomic E-state index is 5.82. The molecule has 1 aromatic carbocycles. The summed E-state index contributed by atoms with van der Waals surface area (Å²) in [7, 11) is 1.67. The first-order valence-electron chi connectivity index (χ1n) is 5.97. The Balaban J connectivity index is 1.94. The predicted molar refractivity (Wildman–Crippen MR) is 65.1 cm³/mol. The summed E-state index contributed by atoms with van der Waals surface area (Å²) in [5, 5.41) is 0. The highest BCUT2D eigenvalue weighted by atomic mass is 16.5. The molecule has 3 rings (SSSR count). The van der Waals surface area contributed by atoms with Gasteiger partial charge in [-0.2, -0.15) is 0 Å². The molecular weight excluding hydrogens is 214 g/mol. The van der Waals surface area contributed by atoms with Crippen molar-refractivity contribution in [2.75, 3.05) is 7.11 Å². The zero-order valence-electron chi connectivity index (χ0n) is 9.85. The van der Waals surface area contributed by atoms with E-state index >= 15 is 0 Å². The van der Waals surface area contributed by atoms with Crippen LogP contribution in [-0.2, 0) is 0 Å². The van der Waals surface area contributed by atoms with Gasteiger partial charge in [-0.05, 0) is 25.0 Å². The van der Waals surface area contributed by atoms with Crippen molar-refractivity contribution >= 4 is 0 Å². The van der Waals surface area contributed by atoms with Crippen LogP contribution in [0.5, 0.6) is 5.75 Å². The Morgan fingerprint density at radius 2 is 2.12 bits per heavy atom. The number of ether oxygens (including phenoxy) is 1. The minimum atomic E-state index is 0.526. The molecule has 0 unspecified atom stereocenters. The second-order valence-electron chi connectivity index (χ2n) is 4.39. The van der Waals surface area contributed by atoms with Crippen molar-refractivity contribution in [1.82, 2.24) is 4.98 Å². The number of methoxy groups -OCH3 is 1. The Bertz CT molecular complexity index is 514. The minimum absolute atomic E-state index is 0.526. The van der Waals surface area contributed by atoms with Crippen LogP contribution in [0.3, 0.4) is 0 Å². The van der Waals surface area contributed by atoms with Gasteiger partial charge in [-0.1, -0.05) is 18.6 Å². The van der Waals surface area contributed by atoms with E-state index < -0.39 is 0 Å². The average molecular weight is 229 g/mol. The van der Waals surface area contributed by atoms with E-state index in [1.54, 1.807) is 13.3 Å². The van der Waals surface area contributed by atoms with Crippen LogP contribution in [-0.4, -0.2) is 12.1 Å².